The number of thiophene rings is 1. The highest BCUT2D eigenvalue weighted by Crippen LogP contribution is 2.36. The number of benzene rings is 1. The molecule has 13 heavy (non-hydrogen) atoms. The molecule has 1 heterocycles. The predicted molar refractivity (Wildman–Crippen MR) is 63.4 cm³/mol. The summed E-state index contributed by atoms with van der Waals surface area (Å²) in [5.74, 6) is 0. The molecule has 1 aromatic heterocycles. The minimum absolute atomic E-state index is 0.863. The molecule has 0 radical (unpaired) electrons. The van der Waals surface area contributed by atoms with E-state index in [1.165, 1.54) is 20.5 Å². The van der Waals surface area contributed by atoms with Crippen LogP contribution >= 0.6 is 34.7 Å². The van der Waals surface area contributed by atoms with Crippen molar-refractivity contribution in [3.8, 4) is 0 Å². The Bertz CT molecular complexity index is 445. The molecular weight excluding hydrogens is 220 g/mol. The van der Waals surface area contributed by atoms with Crippen LogP contribution in [0.3, 0.4) is 0 Å². The Hall–Kier alpha value is -0.180. The number of fused-ring (bicyclic) bond motifs is 1. The van der Waals surface area contributed by atoms with Gasteiger partial charge >= 0.3 is 0 Å². The van der Waals surface area contributed by atoms with Crippen LogP contribution in [0.4, 0.5) is 0 Å². The number of aryl methyl sites for hydroxylation is 1. The van der Waals surface area contributed by atoms with Crippen molar-refractivity contribution < 1.29 is 0 Å². The van der Waals surface area contributed by atoms with Crippen molar-refractivity contribution >= 4 is 44.8 Å². The number of rotatable bonds is 1. The highest BCUT2D eigenvalue weighted by atomic mass is 35.5. The average molecular weight is 229 g/mol. The van der Waals surface area contributed by atoms with Gasteiger partial charge in [0.05, 0.1) is 0 Å². The van der Waals surface area contributed by atoms with Crippen LogP contribution in [0.15, 0.2) is 22.4 Å². The van der Waals surface area contributed by atoms with Crippen molar-refractivity contribution in [3.05, 3.63) is 28.1 Å². The highest BCUT2D eigenvalue weighted by Gasteiger charge is 2.06. The van der Waals surface area contributed by atoms with Gasteiger partial charge in [0, 0.05) is 25.4 Å². The lowest BCUT2D eigenvalue weighted by atomic mass is 10.2. The van der Waals surface area contributed by atoms with Gasteiger partial charge in [-0.25, -0.2) is 0 Å². The SMILES string of the molecule is CSc1csc2c(C)c(Cl)ccc12. The van der Waals surface area contributed by atoms with E-state index in [1.807, 2.05) is 6.07 Å². The van der Waals surface area contributed by atoms with Gasteiger partial charge in [-0.2, -0.15) is 0 Å². The Balaban J connectivity index is 2.81. The molecule has 0 atom stereocenters. The van der Waals surface area contributed by atoms with Gasteiger partial charge in [0.1, 0.15) is 0 Å². The van der Waals surface area contributed by atoms with E-state index >= 15 is 0 Å². The Morgan fingerprint density at radius 3 is 2.85 bits per heavy atom. The molecule has 0 aliphatic heterocycles. The molecule has 0 aliphatic rings. The summed E-state index contributed by atoms with van der Waals surface area (Å²) in [5.41, 5.74) is 1.20. The zero-order valence-electron chi connectivity index (χ0n) is 7.43. The first-order chi connectivity index (χ1) is 6.24. The zero-order chi connectivity index (χ0) is 9.42. The van der Waals surface area contributed by atoms with E-state index in [0.29, 0.717) is 0 Å². The molecule has 3 heteroatoms. The normalized spacial score (nSPS) is 11.0. The van der Waals surface area contributed by atoms with Crippen LogP contribution in [0.5, 0.6) is 0 Å². The van der Waals surface area contributed by atoms with Gasteiger partial charge in [0.25, 0.3) is 0 Å². The summed E-state index contributed by atoms with van der Waals surface area (Å²) in [5, 5.41) is 4.39. The maximum absolute atomic E-state index is 6.04. The van der Waals surface area contributed by atoms with Crippen molar-refractivity contribution in [1.29, 1.82) is 0 Å². The van der Waals surface area contributed by atoms with E-state index in [1.54, 1.807) is 23.1 Å². The van der Waals surface area contributed by atoms with E-state index < -0.39 is 0 Å². The number of hydrogen-bond donors (Lipinski definition) is 0. The first-order valence-corrected chi connectivity index (χ1v) is 6.42. The summed E-state index contributed by atoms with van der Waals surface area (Å²) in [6.45, 7) is 2.07. The Morgan fingerprint density at radius 2 is 2.15 bits per heavy atom. The molecular formula is C10H9ClS2. The first-order valence-electron chi connectivity index (χ1n) is 3.94. The van der Waals surface area contributed by atoms with Gasteiger partial charge in [0.15, 0.2) is 0 Å². The van der Waals surface area contributed by atoms with Crippen molar-refractivity contribution in [2.45, 2.75) is 11.8 Å². The Labute approximate surface area is 90.9 Å². The van der Waals surface area contributed by atoms with Crippen molar-refractivity contribution in [2.75, 3.05) is 6.26 Å². The van der Waals surface area contributed by atoms with Gasteiger partial charge in [-0.1, -0.05) is 17.7 Å². The van der Waals surface area contributed by atoms with Crippen LogP contribution in [0, 0.1) is 6.92 Å². The average Bonchev–Trinajstić information content (AvgIpc) is 2.55. The molecule has 1 aromatic carbocycles. The third kappa shape index (κ3) is 1.47. The molecule has 0 amide bonds. The summed E-state index contributed by atoms with van der Waals surface area (Å²) in [7, 11) is 0. The molecule has 2 aromatic rings. The smallest absolute Gasteiger partial charge is 0.0449 e. The predicted octanol–water partition coefficient (Wildman–Crippen LogP) is 4.59. The Kier molecular flexibility index (Phi) is 2.54. The Morgan fingerprint density at radius 1 is 1.38 bits per heavy atom. The molecule has 0 unspecified atom stereocenters. The number of thioether (sulfide) groups is 1. The van der Waals surface area contributed by atoms with Gasteiger partial charge < -0.3 is 0 Å². The fraction of sp³-hybridized carbons (Fsp3) is 0.200. The van der Waals surface area contributed by atoms with E-state index in [0.717, 1.165) is 5.02 Å². The minimum Gasteiger partial charge on any atom is -0.142 e. The van der Waals surface area contributed by atoms with Gasteiger partial charge in [0.2, 0.25) is 0 Å². The molecule has 2 rings (SSSR count). The standard InChI is InChI=1S/C10H9ClS2/c1-6-8(11)4-3-7-9(12-2)5-13-10(6)7/h3-5H,1-2H3. The lowest BCUT2D eigenvalue weighted by Gasteiger charge is -1.99. The first kappa shape index (κ1) is 9.38. The molecule has 0 bridgehead atoms. The molecule has 68 valence electrons. The van der Waals surface area contributed by atoms with Crippen molar-refractivity contribution in [2.24, 2.45) is 0 Å². The van der Waals surface area contributed by atoms with Gasteiger partial charge in [-0.3, -0.25) is 0 Å². The number of halogens is 1. The largest absolute Gasteiger partial charge is 0.142 e. The van der Waals surface area contributed by atoms with Crippen LogP contribution in [0.2, 0.25) is 5.02 Å². The lowest BCUT2D eigenvalue weighted by Crippen LogP contribution is -1.75. The number of hydrogen-bond acceptors (Lipinski definition) is 2. The van der Waals surface area contributed by atoms with E-state index in [9.17, 15) is 0 Å². The summed E-state index contributed by atoms with van der Waals surface area (Å²) < 4.78 is 1.32. The second kappa shape index (κ2) is 3.52. The van der Waals surface area contributed by atoms with Crippen LogP contribution in [-0.4, -0.2) is 6.26 Å². The topological polar surface area (TPSA) is 0 Å². The fourth-order valence-corrected chi connectivity index (χ4v) is 3.49. The van der Waals surface area contributed by atoms with Gasteiger partial charge in [-0.15, -0.1) is 23.1 Å². The minimum atomic E-state index is 0.863. The molecule has 0 saturated carbocycles. The zero-order valence-corrected chi connectivity index (χ0v) is 9.82. The van der Waals surface area contributed by atoms with Crippen LogP contribution in [0.25, 0.3) is 10.1 Å². The molecule has 0 aliphatic carbocycles. The second-order valence-corrected chi connectivity index (χ2v) is 4.99. The molecule has 0 saturated heterocycles. The summed E-state index contributed by atoms with van der Waals surface area (Å²) in [4.78, 5) is 1.35. The van der Waals surface area contributed by atoms with Crippen LogP contribution in [-0.2, 0) is 0 Å². The van der Waals surface area contributed by atoms with E-state index in [-0.39, 0.29) is 0 Å². The van der Waals surface area contributed by atoms with Gasteiger partial charge in [-0.05, 0) is 24.8 Å². The molecule has 0 spiro atoms. The van der Waals surface area contributed by atoms with E-state index in [2.05, 4.69) is 24.6 Å². The van der Waals surface area contributed by atoms with Crippen molar-refractivity contribution in [1.82, 2.24) is 0 Å². The van der Waals surface area contributed by atoms with Crippen molar-refractivity contribution in [3.63, 3.8) is 0 Å². The molecule has 0 N–H and O–H groups in total. The summed E-state index contributed by atoms with van der Waals surface area (Å²) in [6, 6.07) is 4.08. The summed E-state index contributed by atoms with van der Waals surface area (Å²) in [6.07, 6.45) is 2.10. The quantitative estimate of drug-likeness (QED) is 0.644. The van der Waals surface area contributed by atoms with E-state index in [4.69, 9.17) is 11.6 Å². The summed E-state index contributed by atoms with van der Waals surface area (Å²) >= 11 is 9.60. The fourth-order valence-electron chi connectivity index (χ4n) is 1.35. The molecule has 0 fully saturated rings. The lowest BCUT2D eigenvalue weighted by molar-refractivity contribution is 1.54. The third-order valence-electron chi connectivity index (χ3n) is 2.11. The monoisotopic (exact) mass is 228 g/mol. The van der Waals surface area contributed by atoms with Crippen LogP contribution < -0.4 is 0 Å². The molecule has 0 nitrogen and oxygen atoms in total. The maximum atomic E-state index is 6.04. The highest BCUT2D eigenvalue weighted by molar-refractivity contribution is 7.99. The second-order valence-electron chi connectivity index (χ2n) is 2.85. The van der Waals surface area contributed by atoms with Crippen LogP contribution in [0.1, 0.15) is 5.56 Å². The maximum Gasteiger partial charge on any atom is 0.0449 e. The third-order valence-corrected chi connectivity index (χ3v) is 4.56.